The van der Waals surface area contributed by atoms with Crippen molar-refractivity contribution in [2.24, 2.45) is 0 Å². The number of rotatable bonds is 2. The summed E-state index contributed by atoms with van der Waals surface area (Å²) in [5, 5.41) is 9.23. The summed E-state index contributed by atoms with van der Waals surface area (Å²) in [4.78, 5) is 2.48. The summed E-state index contributed by atoms with van der Waals surface area (Å²) in [5.41, 5.74) is 0.754. The first kappa shape index (κ1) is 11.9. The monoisotopic (exact) mass is 264 g/mol. The van der Waals surface area contributed by atoms with Gasteiger partial charge in [0.1, 0.15) is 0 Å². The lowest BCUT2D eigenvalue weighted by atomic mass is 10.2. The van der Waals surface area contributed by atoms with E-state index in [1.54, 1.807) is 0 Å². The molecular formula is C13H17ClN4. The molecule has 1 saturated heterocycles. The minimum Gasteiger partial charge on any atom is -0.291 e. The van der Waals surface area contributed by atoms with Gasteiger partial charge in [-0.05, 0) is 45.4 Å². The fraction of sp³-hybridized carbons (Fsp3) is 0.538. The van der Waals surface area contributed by atoms with Crippen LogP contribution in [0.15, 0.2) is 18.3 Å². The summed E-state index contributed by atoms with van der Waals surface area (Å²) in [6, 6.07) is 4.68. The predicted molar refractivity (Wildman–Crippen MR) is 71.8 cm³/mol. The van der Waals surface area contributed by atoms with Crippen molar-refractivity contribution in [3.63, 3.8) is 0 Å². The van der Waals surface area contributed by atoms with Gasteiger partial charge in [0, 0.05) is 12.2 Å². The second-order valence-corrected chi connectivity index (χ2v) is 5.50. The Bertz CT molecular complexity index is 563. The number of aromatic nitrogens is 3. The summed E-state index contributed by atoms with van der Waals surface area (Å²) in [7, 11) is 0. The molecule has 4 nitrogen and oxygen atoms in total. The summed E-state index contributed by atoms with van der Waals surface area (Å²) < 4.78 is 2.02. The molecule has 1 fully saturated rings. The predicted octanol–water partition coefficient (Wildman–Crippen LogP) is 2.93. The molecule has 3 rings (SSSR count). The van der Waals surface area contributed by atoms with Crippen LogP contribution < -0.4 is 0 Å². The van der Waals surface area contributed by atoms with Gasteiger partial charge in [-0.2, -0.15) is 0 Å². The summed E-state index contributed by atoms with van der Waals surface area (Å²) in [6.07, 6.45) is 4.36. The van der Waals surface area contributed by atoms with Gasteiger partial charge < -0.3 is 0 Å². The Balaban J connectivity index is 2.07. The highest BCUT2D eigenvalue weighted by Gasteiger charge is 2.31. The molecule has 0 aliphatic carbocycles. The van der Waals surface area contributed by atoms with Crippen molar-refractivity contribution in [3.8, 4) is 0 Å². The van der Waals surface area contributed by atoms with Crippen LogP contribution in [0.1, 0.15) is 38.6 Å². The molecule has 5 heteroatoms. The lowest BCUT2D eigenvalue weighted by Crippen LogP contribution is -2.31. The molecule has 2 aromatic rings. The van der Waals surface area contributed by atoms with Gasteiger partial charge in [0.2, 0.25) is 0 Å². The van der Waals surface area contributed by atoms with Gasteiger partial charge in [-0.15, -0.1) is 10.2 Å². The SMILES string of the molecule is CC(C)N1CCCC1c1nnc2c(Cl)cccn12. The van der Waals surface area contributed by atoms with E-state index in [-0.39, 0.29) is 0 Å². The molecule has 1 aliphatic heterocycles. The van der Waals surface area contributed by atoms with E-state index in [1.165, 1.54) is 6.42 Å². The Morgan fingerprint density at radius 3 is 3.00 bits per heavy atom. The van der Waals surface area contributed by atoms with Crippen LogP contribution in [0.3, 0.4) is 0 Å². The van der Waals surface area contributed by atoms with Crippen LogP contribution in [0.5, 0.6) is 0 Å². The normalized spacial score (nSPS) is 21.2. The summed E-state index contributed by atoms with van der Waals surface area (Å²) in [6.45, 7) is 5.60. The van der Waals surface area contributed by atoms with E-state index in [2.05, 4.69) is 28.9 Å². The number of pyridine rings is 1. The Labute approximate surface area is 112 Å². The highest BCUT2D eigenvalue weighted by atomic mass is 35.5. The topological polar surface area (TPSA) is 33.4 Å². The van der Waals surface area contributed by atoms with Crippen molar-refractivity contribution in [2.75, 3.05) is 6.54 Å². The van der Waals surface area contributed by atoms with Gasteiger partial charge >= 0.3 is 0 Å². The third-order valence-corrected chi connectivity index (χ3v) is 3.96. The number of likely N-dealkylation sites (tertiary alicyclic amines) is 1. The first-order chi connectivity index (χ1) is 8.68. The Morgan fingerprint density at radius 1 is 1.39 bits per heavy atom. The van der Waals surface area contributed by atoms with Crippen LogP contribution in [0.25, 0.3) is 5.65 Å². The van der Waals surface area contributed by atoms with Gasteiger partial charge in [0.15, 0.2) is 11.5 Å². The molecular weight excluding hydrogens is 248 g/mol. The third kappa shape index (κ3) is 1.80. The van der Waals surface area contributed by atoms with Crippen molar-refractivity contribution < 1.29 is 0 Å². The maximum absolute atomic E-state index is 6.14. The van der Waals surface area contributed by atoms with E-state index in [0.29, 0.717) is 17.1 Å². The van der Waals surface area contributed by atoms with Crippen LogP contribution in [0, 0.1) is 0 Å². The van der Waals surface area contributed by atoms with Crippen LogP contribution in [-0.4, -0.2) is 32.1 Å². The Morgan fingerprint density at radius 2 is 2.22 bits per heavy atom. The van der Waals surface area contributed by atoms with Crippen molar-refractivity contribution >= 4 is 17.2 Å². The summed E-state index contributed by atoms with van der Waals surface area (Å²) >= 11 is 6.14. The van der Waals surface area contributed by atoms with E-state index in [4.69, 9.17) is 11.6 Å². The van der Waals surface area contributed by atoms with E-state index in [0.717, 1.165) is 24.4 Å². The molecule has 3 heterocycles. The molecule has 18 heavy (non-hydrogen) atoms. The van der Waals surface area contributed by atoms with Gasteiger partial charge in [-0.1, -0.05) is 11.6 Å². The molecule has 1 unspecified atom stereocenters. The van der Waals surface area contributed by atoms with Crippen LogP contribution >= 0.6 is 11.6 Å². The number of nitrogens with zero attached hydrogens (tertiary/aromatic N) is 4. The van der Waals surface area contributed by atoms with E-state index >= 15 is 0 Å². The maximum atomic E-state index is 6.14. The molecule has 0 aromatic carbocycles. The zero-order valence-electron chi connectivity index (χ0n) is 10.7. The first-order valence-electron chi connectivity index (χ1n) is 6.43. The van der Waals surface area contributed by atoms with Crippen molar-refractivity contribution in [2.45, 2.75) is 38.8 Å². The molecule has 0 bridgehead atoms. The van der Waals surface area contributed by atoms with Crippen molar-refractivity contribution in [1.82, 2.24) is 19.5 Å². The summed E-state index contributed by atoms with van der Waals surface area (Å²) in [5.74, 6) is 1.01. The van der Waals surface area contributed by atoms with Gasteiger partial charge in [-0.3, -0.25) is 9.30 Å². The Hall–Kier alpha value is -1.13. The molecule has 0 amide bonds. The van der Waals surface area contributed by atoms with Gasteiger partial charge in [-0.25, -0.2) is 0 Å². The minimum absolute atomic E-state index is 0.360. The van der Waals surface area contributed by atoms with E-state index < -0.39 is 0 Å². The zero-order valence-corrected chi connectivity index (χ0v) is 11.4. The van der Waals surface area contributed by atoms with Crippen LogP contribution in [-0.2, 0) is 0 Å². The van der Waals surface area contributed by atoms with E-state index in [1.807, 2.05) is 22.7 Å². The van der Waals surface area contributed by atoms with Gasteiger partial charge in [0.25, 0.3) is 0 Å². The molecule has 0 spiro atoms. The molecule has 1 atom stereocenters. The molecule has 2 aromatic heterocycles. The second kappa shape index (κ2) is 4.52. The van der Waals surface area contributed by atoms with Gasteiger partial charge in [0.05, 0.1) is 11.1 Å². The molecule has 0 saturated carbocycles. The lowest BCUT2D eigenvalue weighted by molar-refractivity contribution is 0.197. The average Bonchev–Trinajstić information content (AvgIpc) is 2.94. The smallest absolute Gasteiger partial charge is 0.179 e. The van der Waals surface area contributed by atoms with Crippen LogP contribution in [0.4, 0.5) is 0 Å². The number of hydrogen-bond acceptors (Lipinski definition) is 3. The maximum Gasteiger partial charge on any atom is 0.179 e. The van der Waals surface area contributed by atoms with Crippen LogP contribution in [0.2, 0.25) is 5.02 Å². The number of halogens is 1. The minimum atomic E-state index is 0.360. The quantitative estimate of drug-likeness (QED) is 0.836. The molecule has 96 valence electrons. The number of fused-ring (bicyclic) bond motifs is 1. The van der Waals surface area contributed by atoms with Crippen molar-refractivity contribution in [1.29, 1.82) is 0 Å². The van der Waals surface area contributed by atoms with Crippen molar-refractivity contribution in [3.05, 3.63) is 29.2 Å². The third-order valence-electron chi connectivity index (χ3n) is 3.67. The average molecular weight is 265 g/mol. The molecule has 1 aliphatic rings. The highest BCUT2D eigenvalue weighted by molar-refractivity contribution is 6.33. The fourth-order valence-corrected chi connectivity index (χ4v) is 3.01. The lowest BCUT2D eigenvalue weighted by Gasteiger charge is -2.26. The second-order valence-electron chi connectivity index (χ2n) is 5.10. The number of hydrogen-bond donors (Lipinski definition) is 0. The van der Waals surface area contributed by atoms with E-state index in [9.17, 15) is 0 Å². The molecule has 0 N–H and O–H groups in total. The Kier molecular flexibility index (Phi) is 2.99. The standard InChI is InChI=1S/C13H17ClN4/c1-9(2)17-7-4-6-11(17)13-16-15-12-10(14)5-3-8-18(12)13/h3,5,8-9,11H,4,6-7H2,1-2H3. The zero-order chi connectivity index (χ0) is 12.7. The molecule has 0 radical (unpaired) electrons. The largest absolute Gasteiger partial charge is 0.291 e. The first-order valence-corrected chi connectivity index (χ1v) is 6.81. The highest BCUT2D eigenvalue weighted by Crippen LogP contribution is 2.33. The fourth-order valence-electron chi connectivity index (χ4n) is 2.81.